The first-order valence-electron chi connectivity index (χ1n) is 7.31. The summed E-state index contributed by atoms with van der Waals surface area (Å²) in [5.41, 5.74) is 7.24. The van der Waals surface area contributed by atoms with Crippen molar-refractivity contribution in [3.63, 3.8) is 0 Å². The highest BCUT2D eigenvalue weighted by Crippen LogP contribution is 2.35. The van der Waals surface area contributed by atoms with Gasteiger partial charge >= 0.3 is 0 Å². The molecule has 3 rings (SSSR count). The van der Waals surface area contributed by atoms with Gasteiger partial charge < -0.3 is 10.3 Å². The second kappa shape index (κ2) is 5.37. The zero-order valence-electron chi connectivity index (χ0n) is 11.9. The summed E-state index contributed by atoms with van der Waals surface area (Å²) in [6.45, 7) is 2.27. The van der Waals surface area contributed by atoms with Crippen LogP contribution in [0.4, 0.5) is 0 Å². The smallest absolute Gasteiger partial charge is 0.231 e. The lowest BCUT2D eigenvalue weighted by Gasteiger charge is -2.33. The summed E-state index contributed by atoms with van der Waals surface area (Å²) in [7, 11) is 0. The molecule has 20 heavy (non-hydrogen) atoms. The predicted octanol–water partition coefficient (Wildman–Crippen LogP) is 3.02. The van der Waals surface area contributed by atoms with E-state index in [9.17, 15) is 0 Å². The molecular weight excluding hydrogens is 250 g/mol. The molecule has 1 aromatic heterocycles. The molecule has 4 nitrogen and oxygen atoms in total. The second-order valence-electron chi connectivity index (χ2n) is 6.01. The Balaban J connectivity index is 1.73. The van der Waals surface area contributed by atoms with Crippen LogP contribution in [-0.2, 0) is 12.0 Å². The summed E-state index contributed by atoms with van der Waals surface area (Å²) in [6, 6.07) is 10.1. The minimum atomic E-state index is -0.398. The Bertz CT molecular complexity index is 556. The molecule has 0 radical (unpaired) electrons. The number of rotatable bonds is 3. The van der Waals surface area contributed by atoms with Gasteiger partial charge in [-0.2, -0.15) is 4.98 Å². The Morgan fingerprint density at radius 2 is 1.95 bits per heavy atom. The van der Waals surface area contributed by atoms with Crippen LogP contribution in [0.25, 0.3) is 0 Å². The van der Waals surface area contributed by atoms with Gasteiger partial charge in [0.05, 0.1) is 12.0 Å². The Hall–Kier alpha value is -1.68. The predicted molar refractivity (Wildman–Crippen MR) is 77.0 cm³/mol. The lowest BCUT2D eigenvalue weighted by Crippen LogP contribution is -2.41. The van der Waals surface area contributed by atoms with Gasteiger partial charge in [0.1, 0.15) is 0 Å². The van der Waals surface area contributed by atoms with Crippen LogP contribution in [-0.4, -0.2) is 10.1 Å². The van der Waals surface area contributed by atoms with Crippen molar-refractivity contribution in [2.45, 2.75) is 44.6 Å². The maximum Gasteiger partial charge on any atom is 0.231 e. The van der Waals surface area contributed by atoms with Gasteiger partial charge in [-0.15, -0.1) is 0 Å². The van der Waals surface area contributed by atoms with Crippen LogP contribution >= 0.6 is 0 Å². The van der Waals surface area contributed by atoms with E-state index in [-0.39, 0.29) is 0 Å². The van der Waals surface area contributed by atoms with Crippen molar-refractivity contribution in [3.05, 3.63) is 47.6 Å². The van der Waals surface area contributed by atoms with E-state index in [2.05, 4.69) is 29.2 Å². The highest BCUT2D eigenvalue weighted by Gasteiger charge is 2.36. The maximum absolute atomic E-state index is 6.46. The zero-order valence-corrected chi connectivity index (χ0v) is 11.9. The lowest BCUT2D eigenvalue weighted by atomic mass is 9.77. The molecule has 1 heterocycles. The summed E-state index contributed by atoms with van der Waals surface area (Å²) in [5, 5.41) is 4.12. The quantitative estimate of drug-likeness (QED) is 0.932. The molecule has 1 fully saturated rings. The highest BCUT2D eigenvalue weighted by molar-refractivity contribution is 5.18. The fraction of sp³-hybridized carbons (Fsp3) is 0.500. The van der Waals surface area contributed by atoms with Crippen LogP contribution in [0.5, 0.6) is 0 Å². The van der Waals surface area contributed by atoms with E-state index in [1.54, 1.807) is 0 Å². The third kappa shape index (κ3) is 2.75. The first-order chi connectivity index (χ1) is 9.66. The standard InChI is InChI=1S/C16H21N3O/c1-12-7-9-16(17,10-8-12)15-18-14(20-19-15)11-13-5-3-2-4-6-13/h2-6,12H,7-11,17H2,1H3. The summed E-state index contributed by atoms with van der Waals surface area (Å²) in [4.78, 5) is 4.52. The van der Waals surface area contributed by atoms with Crippen molar-refractivity contribution in [3.8, 4) is 0 Å². The van der Waals surface area contributed by atoms with Crippen molar-refractivity contribution in [2.75, 3.05) is 0 Å². The number of hydrogen-bond donors (Lipinski definition) is 1. The minimum Gasteiger partial charge on any atom is -0.339 e. The average Bonchev–Trinajstić information content (AvgIpc) is 2.93. The average molecular weight is 271 g/mol. The van der Waals surface area contributed by atoms with Gasteiger partial charge in [0.2, 0.25) is 5.89 Å². The Kier molecular flexibility index (Phi) is 3.57. The van der Waals surface area contributed by atoms with Crippen LogP contribution in [0.15, 0.2) is 34.9 Å². The van der Waals surface area contributed by atoms with Crippen LogP contribution in [0, 0.1) is 5.92 Å². The van der Waals surface area contributed by atoms with E-state index in [1.807, 2.05) is 18.2 Å². The van der Waals surface area contributed by atoms with Crippen LogP contribution < -0.4 is 5.73 Å². The maximum atomic E-state index is 6.46. The molecule has 0 atom stereocenters. The lowest BCUT2D eigenvalue weighted by molar-refractivity contribution is 0.230. The molecule has 106 valence electrons. The van der Waals surface area contributed by atoms with Gasteiger partial charge in [-0.3, -0.25) is 0 Å². The van der Waals surface area contributed by atoms with Gasteiger partial charge in [-0.05, 0) is 37.2 Å². The van der Waals surface area contributed by atoms with Gasteiger partial charge in [0, 0.05) is 0 Å². The van der Waals surface area contributed by atoms with E-state index in [0.29, 0.717) is 18.1 Å². The molecule has 0 saturated heterocycles. The van der Waals surface area contributed by atoms with Crippen LogP contribution in [0.3, 0.4) is 0 Å². The first-order valence-corrected chi connectivity index (χ1v) is 7.31. The SMILES string of the molecule is CC1CCC(N)(c2noc(Cc3ccccc3)n2)CC1. The van der Waals surface area contributed by atoms with E-state index in [0.717, 1.165) is 31.6 Å². The molecule has 0 bridgehead atoms. The molecule has 2 N–H and O–H groups in total. The van der Waals surface area contributed by atoms with Crippen molar-refractivity contribution >= 4 is 0 Å². The minimum absolute atomic E-state index is 0.398. The fourth-order valence-electron chi connectivity index (χ4n) is 2.80. The summed E-state index contributed by atoms with van der Waals surface area (Å²) in [5.74, 6) is 2.08. The number of hydrogen-bond acceptors (Lipinski definition) is 4. The Morgan fingerprint density at radius 1 is 1.25 bits per heavy atom. The third-order valence-electron chi connectivity index (χ3n) is 4.28. The molecule has 2 aromatic rings. The van der Waals surface area contributed by atoms with E-state index in [4.69, 9.17) is 10.3 Å². The molecule has 4 heteroatoms. The summed E-state index contributed by atoms with van der Waals surface area (Å²) < 4.78 is 5.37. The van der Waals surface area contributed by atoms with Gasteiger partial charge in [0.25, 0.3) is 0 Å². The Morgan fingerprint density at radius 3 is 2.65 bits per heavy atom. The summed E-state index contributed by atoms with van der Waals surface area (Å²) >= 11 is 0. The Labute approximate surface area is 119 Å². The van der Waals surface area contributed by atoms with Crippen LogP contribution in [0.2, 0.25) is 0 Å². The molecule has 1 saturated carbocycles. The molecule has 0 amide bonds. The van der Waals surface area contributed by atoms with E-state index < -0.39 is 5.54 Å². The van der Waals surface area contributed by atoms with Crippen molar-refractivity contribution < 1.29 is 4.52 Å². The molecule has 0 spiro atoms. The summed E-state index contributed by atoms with van der Waals surface area (Å²) in [6.07, 6.45) is 4.83. The first kappa shape index (κ1) is 13.3. The monoisotopic (exact) mass is 271 g/mol. The number of nitrogens with two attached hydrogens (primary N) is 1. The molecule has 0 unspecified atom stereocenters. The van der Waals surface area contributed by atoms with Gasteiger partial charge in [-0.1, -0.05) is 42.4 Å². The largest absolute Gasteiger partial charge is 0.339 e. The molecule has 0 aliphatic heterocycles. The molecule has 1 aromatic carbocycles. The molecular formula is C16H21N3O. The van der Waals surface area contributed by atoms with Crippen LogP contribution in [0.1, 0.15) is 49.9 Å². The topological polar surface area (TPSA) is 64.9 Å². The van der Waals surface area contributed by atoms with E-state index in [1.165, 1.54) is 5.56 Å². The fourth-order valence-corrected chi connectivity index (χ4v) is 2.80. The number of aromatic nitrogens is 2. The van der Waals surface area contributed by atoms with Gasteiger partial charge in [0.15, 0.2) is 5.82 Å². The highest BCUT2D eigenvalue weighted by atomic mass is 16.5. The molecule has 1 aliphatic carbocycles. The normalized spacial score (nSPS) is 26.6. The molecule has 1 aliphatic rings. The number of nitrogens with zero attached hydrogens (tertiary/aromatic N) is 2. The van der Waals surface area contributed by atoms with Crippen molar-refractivity contribution in [1.82, 2.24) is 10.1 Å². The van der Waals surface area contributed by atoms with Crippen molar-refractivity contribution in [1.29, 1.82) is 0 Å². The van der Waals surface area contributed by atoms with E-state index >= 15 is 0 Å². The third-order valence-corrected chi connectivity index (χ3v) is 4.28. The zero-order chi connectivity index (χ0) is 14.0. The second-order valence-corrected chi connectivity index (χ2v) is 6.01. The van der Waals surface area contributed by atoms with Gasteiger partial charge in [-0.25, -0.2) is 0 Å². The number of benzene rings is 1. The van der Waals surface area contributed by atoms with Crippen molar-refractivity contribution in [2.24, 2.45) is 11.7 Å².